The van der Waals surface area contributed by atoms with Crippen molar-refractivity contribution in [3.05, 3.63) is 59.8 Å². The van der Waals surface area contributed by atoms with E-state index in [1.165, 1.54) is 5.56 Å². The van der Waals surface area contributed by atoms with Gasteiger partial charge in [-0.1, -0.05) is 30.3 Å². The summed E-state index contributed by atoms with van der Waals surface area (Å²) in [6, 6.07) is 14.4. The van der Waals surface area contributed by atoms with Crippen LogP contribution in [0.25, 0.3) is 0 Å². The first-order valence-corrected chi connectivity index (χ1v) is 8.44. The van der Waals surface area contributed by atoms with Crippen LogP contribution in [-0.2, 0) is 0 Å². The highest BCUT2D eigenvalue weighted by molar-refractivity contribution is 5.99. The number of aromatic nitrogens is 1. The fraction of sp³-hybridized carbons (Fsp3) is 0.368. The summed E-state index contributed by atoms with van der Waals surface area (Å²) in [5, 5.41) is 6.51. The minimum Gasteiger partial charge on any atom is -0.353 e. The van der Waals surface area contributed by atoms with Gasteiger partial charge in [-0.15, -0.1) is 0 Å². The Bertz CT molecular complexity index is 687. The van der Waals surface area contributed by atoms with Crippen molar-refractivity contribution in [1.82, 2.24) is 15.6 Å². The molecule has 2 heterocycles. The first-order valence-electron chi connectivity index (χ1n) is 8.44. The maximum Gasteiger partial charge on any atom is 0.255 e. The lowest BCUT2D eigenvalue weighted by molar-refractivity contribution is 0.0943. The second-order valence-corrected chi connectivity index (χ2v) is 6.37. The van der Waals surface area contributed by atoms with Crippen LogP contribution in [-0.4, -0.2) is 36.6 Å². The molecule has 1 amide bonds. The van der Waals surface area contributed by atoms with E-state index in [1.54, 1.807) is 6.20 Å². The number of hydrogen-bond acceptors (Lipinski definition) is 4. The van der Waals surface area contributed by atoms with Crippen LogP contribution in [0.3, 0.4) is 0 Å². The molecule has 126 valence electrons. The Morgan fingerprint density at radius 2 is 2.04 bits per heavy atom. The van der Waals surface area contributed by atoms with Crippen molar-refractivity contribution in [2.45, 2.75) is 25.9 Å². The van der Waals surface area contributed by atoms with Crippen LogP contribution in [0, 0.1) is 0 Å². The van der Waals surface area contributed by atoms with Crippen molar-refractivity contribution in [1.29, 1.82) is 0 Å². The van der Waals surface area contributed by atoms with E-state index in [2.05, 4.69) is 44.8 Å². The number of benzene rings is 1. The Hall–Kier alpha value is -2.40. The first kappa shape index (κ1) is 16.5. The Balaban J connectivity index is 1.82. The minimum absolute atomic E-state index is 0.0668. The highest BCUT2D eigenvalue weighted by Crippen LogP contribution is 2.23. The Morgan fingerprint density at radius 1 is 1.25 bits per heavy atom. The van der Waals surface area contributed by atoms with Gasteiger partial charge in [0.2, 0.25) is 0 Å². The van der Waals surface area contributed by atoms with Gasteiger partial charge < -0.3 is 15.5 Å². The van der Waals surface area contributed by atoms with Crippen LogP contribution in [0.2, 0.25) is 0 Å². The molecule has 2 aromatic rings. The summed E-state index contributed by atoms with van der Waals surface area (Å²) in [6.45, 7) is 6.42. The van der Waals surface area contributed by atoms with Gasteiger partial charge in [-0.2, -0.15) is 0 Å². The van der Waals surface area contributed by atoms with Gasteiger partial charge >= 0.3 is 0 Å². The first-order chi connectivity index (χ1) is 11.6. The van der Waals surface area contributed by atoms with Crippen LogP contribution >= 0.6 is 0 Å². The number of nitrogens with one attached hydrogen (secondary N) is 2. The van der Waals surface area contributed by atoms with Crippen LogP contribution in [0.5, 0.6) is 0 Å². The number of amides is 1. The Morgan fingerprint density at radius 3 is 2.79 bits per heavy atom. The molecule has 0 aliphatic carbocycles. The summed E-state index contributed by atoms with van der Waals surface area (Å²) < 4.78 is 0. The fourth-order valence-electron chi connectivity index (χ4n) is 3.02. The van der Waals surface area contributed by atoms with Crippen LogP contribution in [0.1, 0.15) is 35.8 Å². The summed E-state index contributed by atoms with van der Waals surface area (Å²) in [4.78, 5) is 19.2. The SMILES string of the molecule is CC(C)NC(=O)c1cccnc1N1CCN[C@@H](c2ccccc2)C1. The molecule has 3 rings (SSSR count). The summed E-state index contributed by atoms with van der Waals surface area (Å²) in [5.74, 6) is 0.695. The standard InChI is InChI=1S/C19H24N4O/c1-14(2)22-19(24)16-9-6-10-21-18(16)23-12-11-20-17(13-23)15-7-4-3-5-8-15/h3-10,14,17,20H,11-13H2,1-2H3,(H,22,24)/t17-/m1/s1. The summed E-state index contributed by atoms with van der Waals surface area (Å²) in [5.41, 5.74) is 1.89. The molecule has 5 nitrogen and oxygen atoms in total. The van der Waals surface area contributed by atoms with Crippen molar-refractivity contribution >= 4 is 11.7 Å². The van der Waals surface area contributed by atoms with Crippen LogP contribution in [0.15, 0.2) is 48.7 Å². The molecule has 0 radical (unpaired) electrons. The van der Waals surface area contributed by atoms with Crippen LogP contribution in [0.4, 0.5) is 5.82 Å². The normalized spacial score (nSPS) is 17.8. The van der Waals surface area contributed by atoms with Gasteiger partial charge in [0, 0.05) is 37.9 Å². The molecular weight excluding hydrogens is 300 g/mol. The highest BCUT2D eigenvalue weighted by atomic mass is 16.1. The third kappa shape index (κ3) is 3.74. The zero-order valence-electron chi connectivity index (χ0n) is 14.2. The molecule has 1 saturated heterocycles. The van der Waals surface area contributed by atoms with Crippen molar-refractivity contribution in [2.75, 3.05) is 24.5 Å². The lowest BCUT2D eigenvalue weighted by Gasteiger charge is -2.35. The second-order valence-electron chi connectivity index (χ2n) is 6.37. The van der Waals surface area contributed by atoms with E-state index in [0.29, 0.717) is 5.56 Å². The van der Waals surface area contributed by atoms with E-state index in [0.717, 1.165) is 25.5 Å². The van der Waals surface area contributed by atoms with E-state index in [-0.39, 0.29) is 18.0 Å². The molecule has 5 heteroatoms. The van der Waals surface area contributed by atoms with Gasteiger partial charge in [-0.3, -0.25) is 4.79 Å². The smallest absolute Gasteiger partial charge is 0.255 e. The monoisotopic (exact) mass is 324 g/mol. The van der Waals surface area contributed by atoms with Gasteiger partial charge in [-0.25, -0.2) is 4.98 Å². The van der Waals surface area contributed by atoms with Gasteiger partial charge in [-0.05, 0) is 31.5 Å². The molecule has 1 aliphatic rings. The maximum absolute atomic E-state index is 12.5. The lowest BCUT2D eigenvalue weighted by atomic mass is 10.0. The molecule has 0 unspecified atom stereocenters. The third-order valence-electron chi connectivity index (χ3n) is 4.13. The average molecular weight is 324 g/mol. The zero-order chi connectivity index (χ0) is 16.9. The average Bonchev–Trinajstić information content (AvgIpc) is 2.62. The molecule has 1 aromatic carbocycles. The topological polar surface area (TPSA) is 57.3 Å². The number of anilines is 1. The second kappa shape index (κ2) is 7.45. The van der Waals surface area contributed by atoms with Gasteiger partial charge in [0.25, 0.3) is 5.91 Å². The molecule has 0 bridgehead atoms. The fourth-order valence-corrected chi connectivity index (χ4v) is 3.02. The van der Waals surface area contributed by atoms with Crippen LogP contribution < -0.4 is 15.5 Å². The molecule has 1 fully saturated rings. The largest absolute Gasteiger partial charge is 0.353 e. The van der Waals surface area contributed by atoms with Crippen molar-refractivity contribution < 1.29 is 4.79 Å². The van der Waals surface area contributed by atoms with E-state index in [4.69, 9.17) is 0 Å². The number of rotatable bonds is 4. The van der Waals surface area contributed by atoms with Gasteiger partial charge in [0.15, 0.2) is 0 Å². The molecule has 1 aliphatic heterocycles. The molecule has 0 saturated carbocycles. The van der Waals surface area contributed by atoms with E-state index in [9.17, 15) is 4.79 Å². The molecule has 2 N–H and O–H groups in total. The number of piperazine rings is 1. The maximum atomic E-state index is 12.5. The summed E-state index contributed by atoms with van der Waals surface area (Å²) >= 11 is 0. The molecule has 24 heavy (non-hydrogen) atoms. The highest BCUT2D eigenvalue weighted by Gasteiger charge is 2.25. The van der Waals surface area contributed by atoms with Crippen molar-refractivity contribution in [3.8, 4) is 0 Å². The molecular formula is C19H24N4O. The van der Waals surface area contributed by atoms with E-state index in [1.807, 2.05) is 32.0 Å². The quantitative estimate of drug-likeness (QED) is 0.906. The van der Waals surface area contributed by atoms with Gasteiger partial charge in [0.1, 0.15) is 5.82 Å². The zero-order valence-corrected chi connectivity index (χ0v) is 14.2. The third-order valence-corrected chi connectivity index (χ3v) is 4.13. The Labute approximate surface area is 143 Å². The molecule has 0 spiro atoms. The number of pyridine rings is 1. The lowest BCUT2D eigenvalue weighted by Crippen LogP contribution is -2.47. The van der Waals surface area contributed by atoms with Crippen molar-refractivity contribution in [2.24, 2.45) is 0 Å². The predicted molar refractivity (Wildman–Crippen MR) is 96.2 cm³/mol. The summed E-state index contributed by atoms with van der Waals surface area (Å²) in [6.07, 6.45) is 1.75. The van der Waals surface area contributed by atoms with Gasteiger partial charge in [0.05, 0.1) is 5.56 Å². The molecule has 1 aromatic heterocycles. The van der Waals surface area contributed by atoms with Crippen molar-refractivity contribution in [3.63, 3.8) is 0 Å². The summed E-state index contributed by atoms with van der Waals surface area (Å²) in [7, 11) is 0. The Kier molecular flexibility index (Phi) is 5.11. The number of nitrogens with zero attached hydrogens (tertiary/aromatic N) is 2. The number of carbonyl (C=O) groups is 1. The predicted octanol–water partition coefficient (Wildman–Crippen LogP) is 2.37. The molecule has 1 atom stereocenters. The van der Waals surface area contributed by atoms with E-state index < -0.39 is 0 Å². The minimum atomic E-state index is -0.0668. The van der Waals surface area contributed by atoms with E-state index >= 15 is 0 Å². The number of carbonyl (C=O) groups excluding carboxylic acids is 1. The number of hydrogen-bond donors (Lipinski definition) is 2.